The number of amides is 1. The molecule has 2 fully saturated rings. The van der Waals surface area contributed by atoms with E-state index >= 15 is 0 Å². The van der Waals surface area contributed by atoms with E-state index in [1.165, 1.54) is 23.5 Å². The van der Waals surface area contributed by atoms with E-state index in [-0.39, 0.29) is 28.5 Å². The second-order valence-corrected chi connectivity index (χ2v) is 9.00. The van der Waals surface area contributed by atoms with E-state index in [1.807, 2.05) is 0 Å². The Hall–Kier alpha value is -1.71. The van der Waals surface area contributed by atoms with Crippen molar-refractivity contribution in [2.75, 3.05) is 33.3 Å². The van der Waals surface area contributed by atoms with Crippen LogP contribution in [-0.2, 0) is 14.8 Å². The van der Waals surface area contributed by atoms with Gasteiger partial charge in [0, 0.05) is 19.6 Å². The maximum absolute atomic E-state index is 13.9. The van der Waals surface area contributed by atoms with E-state index in [0.717, 1.165) is 31.9 Å². The Bertz CT molecular complexity index is 781. The fourth-order valence-electron chi connectivity index (χ4n) is 3.64. The van der Waals surface area contributed by atoms with Crippen molar-refractivity contribution in [3.63, 3.8) is 0 Å². The largest absolute Gasteiger partial charge is 0.494 e. The van der Waals surface area contributed by atoms with Gasteiger partial charge in [0.15, 0.2) is 11.6 Å². The summed E-state index contributed by atoms with van der Waals surface area (Å²) in [5.41, 5.74) is 0. The summed E-state index contributed by atoms with van der Waals surface area (Å²) in [5.74, 6) is -0.677. The smallest absolute Gasteiger partial charge is 0.243 e. The summed E-state index contributed by atoms with van der Waals surface area (Å²) >= 11 is 0. The number of methoxy groups -OCH3 is 1. The predicted molar refractivity (Wildman–Crippen MR) is 98.5 cm³/mol. The molecule has 9 heteroatoms. The molecule has 0 aliphatic carbocycles. The second kappa shape index (κ2) is 8.53. The average Bonchev–Trinajstić information content (AvgIpc) is 3.21. The Kier molecular flexibility index (Phi) is 6.33. The molecule has 0 radical (unpaired) electrons. The molecule has 0 bridgehead atoms. The Labute approximate surface area is 159 Å². The van der Waals surface area contributed by atoms with Gasteiger partial charge in [-0.1, -0.05) is 0 Å². The van der Waals surface area contributed by atoms with Crippen LogP contribution in [0.25, 0.3) is 0 Å². The fraction of sp³-hybridized carbons (Fsp3) is 0.611. The molecule has 2 atom stereocenters. The van der Waals surface area contributed by atoms with E-state index in [2.05, 4.69) is 10.6 Å². The molecule has 27 heavy (non-hydrogen) atoms. The van der Waals surface area contributed by atoms with Gasteiger partial charge in [-0.25, -0.2) is 12.8 Å². The van der Waals surface area contributed by atoms with Gasteiger partial charge in [0.05, 0.1) is 18.0 Å². The van der Waals surface area contributed by atoms with Gasteiger partial charge in [-0.3, -0.25) is 4.79 Å². The van der Waals surface area contributed by atoms with Gasteiger partial charge in [0.2, 0.25) is 15.9 Å². The Morgan fingerprint density at radius 3 is 2.85 bits per heavy atom. The standard InChI is InChI=1S/C18H26FN3O4S/c1-26-17-7-6-14(10-15(17)19)27(24,25)22-9-3-4-13(12-22)11-21-18(23)16-5-2-8-20-16/h6-7,10,13,16,20H,2-5,8-9,11-12H2,1H3,(H,21,23). The molecule has 2 N–H and O–H groups in total. The molecular formula is C18H26FN3O4S. The van der Waals surface area contributed by atoms with Crippen molar-refractivity contribution in [2.24, 2.45) is 5.92 Å². The van der Waals surface area contributed by atoms with Crippen LogP contribution in [0.2, 0.25) is 0 Å². The lowest BCUT2D eigenvalue weighted by molar-refractivity contribution is -0.123. The zero-order chi connectivity index (χ0) is 19.4. The summed E-state index contributed by atoms with van der Waals surface area (Å²) in [4.78, 5) is 12.0. The molecule has 7 nitrogen and oxygen atoms in total. The van der Waals surface area contributed by atoms with E-state index in [4.69, 9.17) is 4.74 Å². The minimum absolute atomic E-state index is 0.00806. The number of carbonyl (C=O) groups excluding carboxylic acids is 1. The van der Waals surface area contributed by atoms with E-state index in [1.54, 1.807) is 0 Å². The highest BCUT2D eigenvalue weighted by Crippen LogP contribution is 2.26. The number of hydrogen-bond donors (Lipinski definition) is 2. The second-order valence-electron chi connectivity index (χ2n) is 7.06. The van der Waals surface area contributed by atoms with Crippen LogP contribution in [-0.4, -0.2) is 58.0 Å². The summed E-state index contributed by atoms with van der Waals surface area (Å²) in [6, 6.07) is 3.52. The Morgan fingerprint density at radius 1 is 1.37 bits per heavy atom. The lowest BCUT2D eigenvalue weighted by Crippen LogP contribution is -2.46. The summed E-state index contributed by atoms with van der Waals surface area (Å²) < 4.78 is 45.8. The fourth-order valence-corrected chi connectivity index (χ4v) is 5.21. The maximum Gasteiger partial charge on any atom is 0.243 e. The minimum atomic E-state index is -3.78. The normalized spacial score (nSPS) is 23.9. The van der Waals surface area contributed by atoms with Gasteiger partial charge >= 0.3 is 0 Å². The topological polar surface area (TPSA) is 87.7 Å². The number of hydrogen-bond acceptors (Lipinski definition) is 5. The summed E-state index contributed by atoms with van der Waals surface area (Å²) in [5, 5.41) is 6.08. The molecule has 2 aliphatic heterocycles. The molecule has 2 unspecified atom stereocenters. The van der Waals surface area contributed by atoms with Crippen LogP contribution in [0.5, 0.6) is 5.75 Å². The van der Waals surface area contributed by atoms with Gasteiger partial charge in [0.1, 0.15) is 0 Å². The molecule has 2 aliphatic rings. The molecule has 3 rings (SSSR count). The molecule has 150 valence electrons. The van der Waals surface area contributed by atoms with Crippen molar-refractivity contribution in [3.8, 4) is 5.75 Å². The molecular weight excluding hydrogens is 373 g/mol. The molecule has 0 aromatic heterocycles. The molecule has 1 amide bonds. The van der Waals surface area contributed by atoms with E-state index < -0.39 is 15.8 Å². The van der Waals surface area contributed by atoms with Crippen LogP contribution >= 0.6 is 0 Å². The lowest BCUT2D eigenvalue weighted by atomic mass is 9.99. The summed E-state index contributed by atoms with van der Waals surface area (Å²) in [7, 11) is -2.45. The van der Waals surface area contributed by atoms with Crippen molar-refractivity contribution in [1.82, 2.24) is 14.9 Å². The van der Waals surface area contributed by atoms with Crippen LogP contribution in [0.4, 0.5) is 4.39 Å². The summed E-state index contributed by atoms with van der Waals surface area (Å²) in [6.07, 6.45) is 3.38. The lowest BCUT2D eigenvalue weighted by Gasteiger charge is -2.32. The molecule has 2 heterocycles. The van der Waals surface area contributed by atoms with Crippen molar-refractivity contribution in [1.29, 1.82) is 0 Å². The monoisotopic (exact) mass is 399 g/mol. The Morgan fingerprint density at radius 2 is 2.19 bits per heavy atom. The number of sulfonamides is 1. The number of nitrogens with zero attached hydrogens (tertiary/aromatic N) is 1. The predicted octanol–water partition coefficient (Wildman–Crippen LogP) is 1.10. The third kappa shape index (κ3) is 4.59. The van der Waals surface area contributed by atoms with Crippen LogP contribution in [0.15, 0.2) is 23.1 Å². The highest BCUT2D eigenvalue weighted by Gasteiger charge is 2.31. The maximum atomic E-state index is 13.9. The average molecular weight is 399 g/mol. The van der Waals surface area contributed by atoms with Crippen molar-refractivity contribution in [3.05, 3.63) is 24.0 Å². The quantitative estimate of drug-likeness (QED) is 0.748. The highest BCUT2D eigenvalue weighted by atomic mass is 32.2. The van der Waals surface area contributed by atoms with Crippen LogP contribution in [0, 0.1) is 11.7 Å². The van der Waals surface area contributed by atoms with Crippen molar-refractivity contribution in [2.45, 2.75) is 36.6 Å². The first kappa shape index (κ1) is 20.0. The van der Waals surface area contributed by atoms with Crippen LogP contribution in [0.1, 0.15) is 25.7 Å². The van der Waals surface area contributed by atoms with Crippen molar-refractivity contribution >= 4 is 15.9 Å². The molecule has 1 aromatic rings. The zero-order valence-corrected chi connectivity index (χ0v) is 16.2. The van der Waals surface area contributed by atoms with Crippen LogP contribution in [0.3, 0.4) is 0 Å². The van der Waals surface area contributed by atoms with Gasteiger partial charge in [-0.05, 0) is 56.3 Å². The van der Waals surface area contributed by atoms with E-state index in [9.17, 15) is 17.6 Å². The van der Waals surface area contributed by atoms with Gasteiger partial charge < -0.3 is 15.4 Å². The first-order valence-corrected chi connectivity index (χ1v) is 10.7. The number of piperidine rings is 1. The van der Waals surface area contributed by atoms with Gasteiger partial charge in [-0.15, -0.1) is 0 Å². The number of rotatable bonds is 6. The molecule has 0 saturated carbocycles. The summed E-state index contributed by atoms with van der Waals surface area (Å²) in [6.45, 7) is 2.00. The number of halogens is 1. The van der Waals surface area contributed by atoms with Crippen LogP contribution < -0.4 is 15.4 Å². The molecule has 2 saturated heterocycles. The highest BCUT2D eigenvalue weighted by molar-refractivity contribution is 7.89. The third-order valence-electron chi connectivity index (χ3n) is 5.18. The van der Waals surface area contributed by atoms with E-state index in [0.29, 0.717) is 26.1 Å². The SMILES string of the molecule is COc1ccc(S(=O)(=O)N2CCCC(CNC(=O)C3CCCN3)C2)cc1F. The Balaban J connectivity index is 1.62. The number of benzene rings is 1. The van der Waals surface area contributed by atoms with Gasteiger partial charge in [0.25, 0.3) is 0 Å². The minimum Gasteiger partial charge on any atom is -0.494 e. The first-order valence-electron chi connectivity index (χ1n) is 9.26. The number of nitrogens with one attached hydrogen (secondary N) is 2. The number of carbonyl (C=O) groups is 1. The zero-order valence-electron chi connectivity index (χ0n) is 15.4. The number of ether oxygens (including phenoxy) is 1. The molecule has 1 aromatic carbocycles. The van der Waals surface area contributed by atoms with Gasteiger partial charge in [-0.2, -0.15) is 4.31 Å². The first-order chi connectivity index (χ1) is 12.9. The third-order valence-corrected chi connectivity index (χ3v) is 7.05. The molecule has 0 spiro atoms. The van der Waals surface area contributed by atoms with Crippen molar-refractivity contribution < 1.29 is 22.3 Å².